The zero-order valence-corrected chi connectivity index (χ0v) is 11.6. The third kappa shape index (κ3) is 3.15. The molecule has 1 aromatic carbocycles. The Labute approximate surface area is 117 Å². The van der Waals surface area contributed by atoms with Crippen molar-refractivity contribution in [2.24, 2.45) is 11.7 Å². The van der Waals surface area contributed by atoms with E-state index < -0.39 is 23.1 Å². The summed E-state index contributed by atoms with van der Waals surface area (Å²) in [5.41, 5.74) is 5.20. The van der Waals surface area contributed by atoms with Crippen LogP contribution in [0.2, 0.25) is 0 Å². The van der Waals surface area contributed by atoms with Gasteiger partial charge in [0.15, 0.2) is 0 Å². The third-order valence-corrected chi connectivity index (χ3v) is 4.18. The summed E-state index contributed by atoms with van der Waals surface area (Å²) in [6.45, 7) is 2.50. The maximum absolute atomic E-state index is 13.6. The molecule has 3 nitrogen and oxygen atoms in total. The minimum absolute atomic E-state index is 0.141. The summed E-state index contributed by atoms with van der Waals surface area (Å²) in [4.78, 5) is 12.2. The van der Waals surface area contributed by atoms with Gasteiger partial charge in [-0.2, -0.15) is 0 Å². The third-order valence-electron chi connectivity index (χ3n) is 4.18. The largest absolute Gasteiger partial charge is 0.345 e. The first-order valence-corrected chi connectivity index (χ1v) is 6.93. The van der Waals surface area contributed by atoms with Crippen LogP contribution in [0.5, 0.6) is 0 Å². The van der Waals surface area contributed by atoms with Gasteiger partial charge >= 0.3 is 0 Å². The lowest BCUT2D eigenvalue weighted by molar-refractivity contribution is 0.0856. The molecule has 1 saturated carbocycles. The van der Waals surface area contributed by atoms with E-state index in [0.29, 0.717) is 18.5 Å². The molecular formula is C15H20F2N2O. The average Bonchev–Trinajstić information content (AvgIpc) is 2.41. The summed E-state index contributed by atoms with van der Waals surface area (Å²) in [5, 5.41) is 2.85. The Balaban J connectivity index is 2.13. The van der Waals surface area contributed by atoms with Crippen LogP contribution in [0.25, 0.3) is 0 Å². The summed E-state index contributed by atoms with van der Waals surface area (Å²) < 4.78 is 26.5. The van der Waals surface area contributed by atoms with E-state index in [1.165, 1.54) is 0 Å². The van der Waals surface area contributed by atoms with Crippen molar-refractivity contribution in [3.63, 3.8) is 0 Å². The number of halogens is 2. The number of rotatable bonds is 3. The van der Waals surface area contributed by atoms with Gasteiger partial charge in [0.2, 0.25) is 0 Å². The fourth-order valence-electron chi connectivity index (χ4n) is 2.68. The number of nitrogens with one attached hydrogen (secondary N) is 1. The van der Waals surface area contributed by atoms with Gasteiger partial charge < -0.3 is 11.1 Å². The Morgan fingerprint density at radius 1 is 1.40 bits per heavy atom. The molecule has 1 fully saturated rings. The zero-order valence-electron chi connectivity index (χ0n) is 11.6. The lowest BCUT2D eigenvalue weighted by Crippen LogP contribution is -2.55. The van der Waals surface area contributed by atoms with E-state index in [-0.39, 0.29) is 5.56 Å². The number of hydrogen-bond acceptors (Lipinski definition) is 2. The van der Waals surface area contributed by atoms with Crippen molar-refractivity contribution in [3.8, 4) is 0 Å². The number of amides is 1. The minimum Gasteiger partial charge on any atom is -0.345 e. The standard InChI is InChI=1S/C15H20F2N2O/c1-10-4-6-15(9-18,7-5-10)19-14(20)12-3-2-11(16)8-13(12)17/h2-3,8,10H,4-7,9,18H2,1H3,(H,19,20). The van der Waals surface area contributed by atoms with E-state index in [1.807, 2.05) is 0 Å². The molecule has 0 radical (unpaired) electrons. The van der Waals surface area contributed by atoms with E-state index in [2.05, 4.69) is 12.2 Å². The number of carbonyl (C=O) groups excluding carboxylic acids is 1. The first kappa shape index (κ1) is 14.9. The van der Waals surface area contributed by atoms with E-state index in [0.717, 1.165) is 37.8 Å². The molecule has 5 heteroatoms. The Hall–Kier alpha value is -1.49. The first-order valence-electron chi connectivity index (χ1n) is 6.93. The van der Waals surface area contributed by atoms with E-state index >= 15 is 0 Å². The van der Waals surface area contributed by atoms with E-state index in [1.54, 1.807) is 0 Å². The molecule has 110 valence electrons. The van der Waals surface area contributed by atoms with Gasteiger partial charge in [-0.05, 0) is 43.7 Å². The van der Waals surface area contributed by atoms with Crippen LogP contribution in [0.15, 0.2) is 18.2 Å². The average molecular weight is 282 g/mol. The highest BCUT2D eigenvalue weighted by molar-refractivity contribution is 5.95. The fourth-order valence-corrected chi connectivity index (χ4v) is 2.68. The van der Waals surface area contributed by atoms with Gasteiger partial charge in [0.05, 0.1) is 11.1 Å². The molecule has 0 heterocycles. The lowest BCUT2D eigenvalue weighted by Gasteiger charge is -2.39. The van der Waals surface area contributed by atoms with Gasteiger partial charge in [0.25, 0.3) is 5.91 Å². The number of carbonyl (C=O) groups is 1. The van der Waals surface area contributed by atoms with E-state index in [4.69, 9.17) is 5.73 Å². The van der Waals surface area contributed by atoms with Crippen LogP contribution >= 0.6 is 0 Å². The molecule has 0 unspecified atom stereocenters. The Morgan fingerprint density at radius 2 is 2.05 bits per heavy atom. The van der Waals surface area contributed by atoms with Gasteiger partial charge in [-0.25, -0.2) is 8.78 Å². The number of nitrogens with two attached hydrogens (primary N) is 1. The van der Waals surface area contributed by atoms with Crippen molar-refractivity contribution in [2.75, 3.05) is 6.54 Å². The van der Waals surface area contributed by atoms with E-state index in [9.17, 15) is 13.6 Å². The number of hydrogen-bond donors (Lipinski definition) is 2. The quantitative estimate of drug-likeness (QED) is 0.895. The number of benzene rings is 1. The van der Waals surface area contributed by atoms with Crippen LogP contribution in [0, 0.1) is 17.6 Å². The SMILES string of the molecule is CC1CCC(CN)(NC(=O)c2ccc(F)cc2F)CC1. The van der Waals surface area contributed by atoms with Crippen LogP contribution in [0.3, 0.4) is 0 Å². The van der Waals surface area contributed by atoms with Crippen LogP contribution in [0.1, 0.15) is 43.0 Å². The van der Waals surface area contributed by atoms with Gasteiger partial charge in [-0.1, -0.05) is 6.92 Å². The Bertz CT molecular complexity index is 497. The highest BCUT2D eigenvalue weighted by atomic mass is 19.1. The second kappa shape index (κ2) is 5.87. The van der Waals surface area contributed by atoms with Crippen LogP contribution in [-0.2, 0) is 0 Å². The van der Waals surface area contributed by atoms with Crippen molar-refractivity contribution in [3.05, 3.63) is 35.4 Å². The molecule has 0 bridgehead atoms. The monoisotopic (exact) mass is 282 g/mol. The maximum Gasteiger partial charge on any atom is 0.254 e. The zero-order chi connectivity index (χ0) is 14.8. The van der Waals surface area contributed by atoms with Crippen LogP contribution in [-0.4, -0.2) is 18.0 Å². The normalized spacial score (nSPS) is 26.3. The second-order valence-electron chi connectivity index (χ2n) is 5.75. The molecular weight excluding hydrogens is 262 g/mol. The topological polar surface area (TPSA) is 55.1 Å². The maximum atomic E-state index is 13.6. The summed E-state index contributed by atoms with van der Waals surface area (Å²) in [5.74, 6) is -1.45. The molecule has 1 aliphatic carbocycles. The molecule has 3 N–H and O–H groups in total. The van der Waals surface area contributed by atoms with Gasteiger partial charge in [-0.15, -0.1) is 0 Å². The van der Waals surface area contributed by atoms with Gasteiger partial charge in [-0.3, -0.25) is 4.79 Å². The van der Waals surface area contributed by atoms with Crippen LogP contribution < -0.4 is 11.1 Å². The first-order chi connectivity index (χ1) is 9.46. The molecule has 1 aliphatic rings. The predicted octanol–water partition coefficient (Wildman–Crippen LogP) is 2.60. The van der Waals surface area contributed by atoms with Crippen molar-refractivity contribution in [1.82, 2.24) is 5.32 Å². The molecule has 0 atom stereocenters. The van der Waals surface area contributed by atoms with Gasteiger partial charge in [0, 0.05) is 12.6 Å². The highest BCUT2D eigenvalue weighted by Gasteiger charge is 2.34. The summed E-state index contributed by atoms with van der Waals surface area (Å²) in [6, 6.07) is 2.96. The van der Waals surface area contributed by atoms with Gasteiger partial charge in [0.1, 0.15) is 11.6 Å². The summed E-state index contributed by atoms with van der Waals surface area (Å²) >= 11 is 0. The molecule has 1 amide bonds. The molecule has 0 aliphatic heterocycles. The summed E-state index contributed by atoms with van der Waals surface area (Å²) in [6.07, 6.45) is 3.56. The second-order valence-corrected chi connectivity index (χ2v) is 5.75. The van der Waals surface area contributed by atoms with Crippen LogP contribution in [0.4, 0.5) is 8.78 Å². The fraction of sp³-hybridized carbons (Fsp3) is 0.533. The molecule has 20 heavy (non-hydrogen) atoms. The van der Waals surface area contributed by atoms with Crippen molar-refractivity contribution >= 4 is 5.91 Å². The Morgan fingerprint density at radius 3 is 2.60 bits per heavy atom. The molecule has 0 aromatic heterocycles. The predicted molar refractivity (Wildman–Crippen MR) is 73.2 cm³/mol. The summed E-state index contributed by atoms with van der Waals surface area (Å²) in [7, 11) is 0. The lowest BCUT2D eigenvalue weighted by atomic mass is 9.77. The Kier molecular flexibility index (Phi) is 4.38. The van der Waals surface area contributed by atoms with Crippen molar-refractivity contribution in [2.45, 2.75) is 38.1 Å². The molecule has 1 aromatic rings. The highest BCUT2D eigenvalue weighted by Crippen LogP contribution is 2.31. The minimum atomic E-state index is -0.848. The van der Waals surface area contributed by atoms with Crippen molar-refractivity contribution < 1.29 is 13.6 Å². The molecule has 0 spiro atoms. The smallest absolute Gasteiger partial charge is 0.254 e. The van der Waals surface area contributed by atoms with Crippen molar-refractivity contribution in [1.29, 1.82) is 0 Å². The molecule has 2 rings (SSSR count). The molecule has 0 saturated heterocycles.